The highest BCUT2D eigenvalue weighted by Crippen LogP contribution is 2.29. The smallest absolute Gasteiger partial charge is 0.246 e. The normalized spacial score (nSPS) is 26.4. The van der Waals surface area contributed by atoms with E-state index in [4.69, 9.17) is 0 Å². The monoisotopic (exact) mass is 271 g/mol. The molecular weight excluding hydrogens is 250 g/mol. The minimum Gasteiger partial charge on any atom is -0.272 e. The summed E-state index contributed by atoms with van der Waals surface area (Å²) in [4.78, 5) is 0.310. The van der Waals surface area contributed by atoms with Crippen molar-refractivity contribution in [1.82, 2.24) is 14.1 Å². The molecule has 1 aliphatic heterocycles. The first-order valence-corrected chi connectivity index (χ1v) is 7.96. The van der Waals surface area contributed by atoms with E-state index >= 15 is 0 Å². The van der Waals surface area contributed by atoms with Gasteiger partial charge in [0.25, 0.3) is 0 Å². The zero-order valence-electron chi connectivity index (χ0n) is 11.2. The highest BCUT2D eigenvalue weighted by Gasteiger charge is 2.36. The Morgan fingerprint density at radius 1 is 1.33 bits per heavy atom. The molecule has 2 atom stereocenters. The van der Waals surface area contributed by atoms with Crippen molar-refractivity contribution in [2.75, 3.05) is 0 Å². The van der Waals surface area contributed by atoms with Crippen molar-refractivity contribution in [1.29, 1.82) is 0 Å². The van der Waals surface area contributed by atoms with Gasteiger partial charge in [-0.05, 0) is 33.6 Å². The van der Waals surface area contributed by atoms with Gasteiger partial charge in [0.15, 0.2) is 0 Å². The molecule has 0 spiro atoms. The Bertz CT molecular complexity index is 499. The second-order valence-electron chi connectivity index (χ2n) is 5.00. The van der Waals surface area contributed by atoms with Crippen LogP contribution >= 0.6 is 0 Å². The van der Waals surface area contributed by atoms with Crippen LogP contribution in [0.5, 0.6) is 0 Å². The first kappa shape index (κ1) is 13.5. The molecule has 1 fully saturated rings. The van der Waals surface area contributed by atoms with E-state index in [1.807, 2.05) is 20.8 Å². The molecule has 0 aliphatic carbocycles. The van der Waals surface area contributed by atoms with E-state index in [0.29, 0.717) is 11.4 Å². The van der Waals surface area contributed by atoms with Crippen LogP contribution in [0.3, 0.4) is 0 Å². The maximum atomic E-state index is 12.6. The molecule has 0 radical (unpaired) electrons. The van der Waals surface area contributed by atoms with Crippen LogP contribution in [-0.2, 0) is 16.6 Å². The topological polar surface area (TPSA) is 55.2 Å². The molecule has 2 heterocycles. The van der Waals surface area contributed by atoms with Crippen LogP contribution in [0.2, 0.25) is 0 Å². The third-order valence-electron chi connectivity index (χ3n) is 3.62. The fourth-order valence-corrected chi connectivity index (χ4v) is 4.48. The molecule has 5 nitrogen and oxygen atoms in total. The fraction of sp³-hybridized carbons (Fsp3) is 0.750. The predicted molar refractivity (Wildman–Crippen MR) is 69.7 cm³/mol. The first-order chi connectivity index (χ1) is 8.46. The number of rotatable bonds is 3. The average molecular weight is 271 g/mol. The van der Waals surface area contributed by atoms with Crippen LogP contribution in [0.15, 0.2) is 17.3 Å². The van der Waals surface area contributed by atoms with Gasteiger partial charge < -0.3 is 0 Å². The van der Waals surface area contributed by atoms with Crippen molar-refractivity contribution < 1.29 is 8.42 Å². The molecular formula is C12H21N3O2S. The lowest BCUT2D eigenvalue weighted by Gasteiger charge is -2.37. The lowest BCUT2D eigenvalue weighted by Crippen LogP contribution is -2.47. The number of piperidine rings is 1. The van der Waals surface area contributed by atoms with Gasteiger partial charge in [0.1, 0.15) is 4.90 Å². The quantitative estimate of drug-likeness (QED) is 0.843. The Labute approximate surface area is 109 Å². The minimum absolute atomic E-state index is 0.0729. The molecule has 1 saturated heterocycles. The molecule has 0 saturated carbocycles. The molecule has 18 heavy (non-hydrogen) atoms. The van der Waals surface area contributed by atoms with Gasteiger partial charge in [-0.2, -0.15) is 9.40 Å². The Morgan fingerprint density at radius 2 is 1.94 bits per heavy atom. The zero-order chi connectivity index (χ0) is 13.3. The first-order valence-electron chi connectivity index (χ1n) is 6.52. The van der Waals surface area contributed by atoms with Crippen molar-refractivity contribution in [2.45, 2.75) is 63.6 Å². The summed E-state index contributed by atoms with van der Waals surface area (Å²) < 4.78 is 28.5. The number of sulfonamides is 1. The van der Waals surface area contributed by atoms with Crippen molar-refractivity contribution in [2.24, 2.45) is 0 Å². The minimum atomic E-state index is -3.40. The summed E-state index contributed by atoms with van der Waals surface area (Å²) in [5.41, 5.74) is 0. The maximum absolute atomic E-state index is 12.6. The van der Waals surface area contributed by atoms with Gasteiger partial charge in [-0.25, -0.2) is 8.42 Å². The number of hydrogen-bond donors (Lipinski definition) is 0. The average Bonchev–Trinajstić information content (AvgIpc) is 2.77. The third-order valence-corrected chi connectivity index (χ3v) is 5.70. The van der Waals surface area contributed by atoms with E-state index in [1.165, 1.54) is 6.20 Å². The van der Waals surface area contributed by atoms with Gasteiger partial charge >= 0.3 is 0 Å². The third kappa shape index (κ3) is 2.31. The van der Waals surface area contributed by atoms with E-state index in [1.54, 1.807) is 15.2 Å². The number of hydrogen-bond acceptors (Lipinski definition) is 3. The Hall–Kier alpha value is -0.880. The summed E-state index contributed by atoms with van der Waals surface area (Å²) in [6.07, 6.45) is 6.04. The van der Waals surface area contributed by atoms with Gasteiger partial charge in [0, 0.05) is 24.8 Å². The van der Waals surface area contributed by atoms with E-state index < -0.39 is 10.0 Å². The highest BCUT2D eigenvalue weighted by atomic mass is 32.2. The zero-order valence-corrected chi connectivity index (χ0v) is 12.0. The summed E-state index contributed by atoms with van der Waals surface area (Å²) in [5.74, 6) is 0. The van der Waals surface area contributed by atoms with E-state index in [0.717, 1.165) is 19.3 Å². The lowest BCUT2D eigenvalue weighted by molar-refractivity contribution is 0.204. The molecule has 0 bridgehead atoms. The summed E-state index contributed by atoms with van der Waals surface area (Å²) in [6, 6.07) is 0.146. The van der Waals surface area contributed by atoms with Crippen molar-refractivity contribution in [3.63, 3.8) is 0 Å². The van der Waals surface area contributed by atoms with Crippen LogP contribution in [-0.4, -0.2) is 34.6 Å². The van der Waals surface area contributed by atoms with E-state index in [9.17, 15) is 8.42 Å². The molecule has 102 valence electrons. The lowest BCUT2D eigenvalue weighted by atomic mass is 10.0. The summed E-state index contributed by atoms with van der Waals surface area (Å²) in [5, 5.41) is 4.06. The standard InChI is InChI=1S/C12H21N3O2S/c1-4-14-9-12(8-13-14)18(16,17)15-10(2)6-5-7-11(15)3/h8-11H,4-7H2,1-3H3. The van der Waals surface area contributed by atoms with Crippen molar-refractivity contribution in [3.05, 3.63) is 12.4 Å². The molecule has 2 rings (SSSR count). The SMILES string of the molecule is CCn1cc(S(=O)(=O)N2C(C)CCCC2C)cn1. The Balaban J connectivity index is 2.34. The number of aromatic nitrogens is 2. The summed E-state index contributed by atoms with van der Waals surface area (Å²) in [7, 11) is -3.40. The molecule has 6 heteroatoms. The molecule has 1 aromatic rings. The molecule has 0 amide bonds. The largest absolute Gasteiger partial charge is 0.272 e. The van der Waals surface area contributed by atoms with Gasteiger partial charge in [-0.15, -0.1) is 0 Å². The summed E-state index contributed by atoms with van der Waals surface area (Å²) >= 11 is 0. The second kappa shape index (κ2) is 5.01. The van der Waals surface area contributed by atoms with Gasteiger partial charge in [0.2, 0.25) is 10.0 Å². The van der Waals surface area contributed by atoms with E-state index in [-0.39, 0.29) is 12.1 Å². The second-order valence-corrected chi connectivity index (χ2v) is 6.84. The van der Waals surface area contributed by atoms with Crippen LogP contribution < -0.4 is 0 Å². The van der Waals surface area contributed by atoms with Crippen LogP contribution in [0.25, 0.3) is 0 Å². The van der Waals surface area contributed by atoms with Crippen molar-refractivity contribution in [3.8, 4) is 0 Å². The van der Waals surface area contributed by atoms with Crippen LogP contribution in [0.1, 0.15) is 40.0 Å². The van der Waals surface area contributed by atoms with Gasteiger partial charge in [0.05, 0.1) is 6.20 Å². The fourth-order valence-electron chi connectivity index (χ4n) is 2.64. The molecule has 1 aliphatic rings. The predicted octanol–water partition coefficient (Wildman–Crippen LogP) is 1.85. The number of aryl methyl sites for hydroxylation is 1. The molecule has 0 N–H and O–H groups in total. The Kier molecular flexibility index (Phi) is 3.77. The number of nitrogens with zero attached hydrogens (tertiary/aromatic N) is 3. The van der Waals surface area contributed by atoms with Crippen LogP contribution in [0.4, 0.5) is 0 Å². The Morgan fingerprint density at radius 3 is 2.44 bits per heavy atom. The molecule has 0 aromatic carbocycles. The molecule has 1 aromatic heterocycles. The highest BCUT2D eigenvalue weighted by molar-refractivity contribution is 7.89. The van der Waals surface area contributed by atoms with Crippen LogP contribution in [0, 0.1) is 0 Å². The van der Waals surface area contributed by atoms with Gasteiger partial charge in [-0.3, -0.25) is 4.68 Å². The maximum Gasteiger partial charge on any atom is 0.246 e. The van der Waals surface area contributed by atoms with E-state index in [2.05, 4.69) is 5.10 Å². The van der Waals surface area contributed by atoms with Gasteiger partial charge in [-0.1, -0.05) is 6.42 Å². The van der Waals surface area contributed by atoms with Crippen molar-refractivity contribution >= 4 is 10.0 Å². The molecule has 2 unspecified atom stereocenters. The summed E-state index contributed by atoms with van der Waals surface area (Å²) in [6.45, 7) is 6.59.